The van der Waals surface area contributed by atoms with Gasteiger partial charge in [-0.15, -0.1) is 0 Å². The molecule has 0 aromatic rings. The molecule has 0 N–H and O–H groups in total. The Morgan fingerprint density at radius 2 is 2.30 bits per heavy atom. The minimum absolute atomic E-state index is 0.0620. The van der Waals surface area contributed by atoms with Crippen LogP contribution in [0.5, 0.6) is 0 Å². The van der Waals surface area contributed by atoms with E-state index in [0.29, 0.717) is 0 Å². The molecule has 0 bridgehead atoms. The lowest BCUT2D eigenvalue weighted by atomic mass is 10.3. The zero-order valence-electron chi connectivity index (χ0n) is 6.81. The van der Waals surface area contributed by atoms with Gasteiger partial charge in [0.1, 0.15) is 0 Å². The van der Waals surface area contributed by atoms with Gasteiger partial charge in [0.05, 0.1) is 22.2 Å². The molecule has 0 unspecified atom stereocenters. The predicted molar refractivity (Wildman–Crippen MR) is 44.9 cm³/mol. The van der Waals surface area contributed by atoms with Gasteiger partial charge in [-0.1, -0.05) is 6.92 Å². The van der Waals surface area contributed by atoms with E-state index in [1.807, 2.05) is 6.92 Å². The maximum Gasteiger partial charge on any atom is 0.155 e. The SMILES string of the molecule is CC/C(=C/C(C)=O)OC[SiH3]. The van der Waals surface area contributed by atoms with E-state index in [0.717, 1.165) is 28.7 Å². The number of carbonyl (C=O) groups is 1. The molecule has 0 radical (unpaired) electrons. The van der Waals surface area contributed by atoms with Crippen LogP contribution in [-0.4, -0.2) is 22.3 Å². The Kier molecular flexibility index (Phi) is 4.93. The number of ether oxygens (including phenoxy) is 1. The number of ketones is 1. The molecular weight excluding hydrogens is 144 g/mol. The Bertz CT molecular complexity index is 141. The van der Waals surface area contributed by atoms with Gasteiger partial charge in [-0.05, 0) is 6.92 Å². The molecule has 0 fully saturated rings. The second-order valence-electron chi connectivity index (χ2n) is 2.01. The summed E-state index contributed by atoms with van der Waals surface area (Å²) >= 11 is 0. The summed E-state index contributed by atoms with van der Waals surface area (Å²) in [5.74, 6) is 0.870. The van der Waals surface area contributed by atoms with E-state index in [9.17, 15) is 4.79 Å². The number of hydrogen-bond donors (Lipinski definition) is 0. The average molecular weight is 158 g/mol. The van der Waals surface area contributed by atoms with Crippen LogP contribution >= 0.6 is 0 Å². The number of allylic oxidation sites excluding steroid dienone is 2. The van der Waals surface area contributed by atoms with Crippen molar-refractivity contribution >= 4 is 16.0 Å². The largest absolute Gasteiger partial charge is 0.502 e. The monoisotopic (exact) mass is 158 g/mol. The van der Waals surface area contributed by atoms with Gasteiger partial charge in [0.25, 0.3) is 0 Å². The molecule has 2 nitrogen and oxygen atoms in total. The van der Waals surface area contributed by atoms with E-state index >= 15 is 0 Å². The van der Waals surface area contributed by atoms with Gasteiger partial charge in [-0.25, -0.2) is 0 Å². The lowest BCUT2D eigenvalue weighted by molar-refractivity contribution is -0.112. The quantitative estimate of drug-likeness (QED) is 0.332. The minimum Gasteiger partial charge on any atom is -0.502 e. The highest BCUT2D eigenvalue weighted by Gasteiger charge is 1.93. The maximum absolute atomic E-state index is 10.5. The van der Waals surface area contributed by atoms with E-state index in [1.54, 1.807) is 6.08 Å². The second-order valence-corrected chi connectivity index (χ2v) is 2.59. The van der Waals surface area contributed by atoms with Crippen molar-refractivity contribution in [2.45, 2.75) is 20.3 Å². The van der Waals surface area contributed by atoms with Crippen molar-refractivity contribution in [2.75, 3.05) is 6.23 Å². The van der Waals surface area contributed by atoms with Crippen molar-refractivity contribution in [2.24, 2.45) is 0 Å². The highest BCUT2D eigenvalue weighted by Crippen LogP contribution is 2.00. The maximum atomic E-state index is 10.5. The topological polar surface area (TPSA) is 26.3 Å². The molecule has 58 valence electrons. The number of carbonyl (C=O) groups excluding carboxylic acids is 1. The Balaban J connectivity index is 3.91. The summed E-state index contributed by atoms with van der Waals surface area (Å²) in [4.78, 5) is 10.5. The Hall–Kier alpha value is -0.573. The molecule has 10 heavy (non-hydrogen) atoms. The molecule has 0 rings (SSSR count). The molecule has 0 heterocycles. The third kappa shape index (κ3) is 4.32. The van der Waals surface area contributed by atoms with Crippen molar-refractivity contribution in [1.82, 2.24) is 0 Å². The standard InChI is InChI=1S/C7H14O2Si/c1-3-7(9-5-10)4-6(2)8/h4H,3,5H2,1-2,10H3/b7-4-. The molecule has 0 aromatic heterocycles. The fourth-order valence-corrected chi connectivity index (χ4v) is 1.03. The molecule has 0 spiro atoms. The molecule has 0 atom stereocenters. The normalized spacial score (nSPS) is 11.6. The highest BCUT2D eigenvalue weighted by atomic mass is 28.1. The first-order valence-electron chi connectivity index (χ1n) is 3.54. The second kappa shape index (κ2) is 5.23. The van der Waals surface area contributed by atoms with Gasteiger partial charge in [-0.3, -0.25) is 4.79 Å². The van der Waals surface area contributed by atoms with Crippen molar-refractivity contribution in [3.63, 3.8) is 0 Å². The Morgan fingerprint density at radius 3 is 2.60 bits per heavy atom. The summed E-state index contributed by atoms with van der Waals surface area (Å²) in [5, 5.41) is 0. The Labute approximate surface area is 64.7 Å². The summed E-state index contributed by atoms with van der Waals surface area (Å²) in [5.41, 5.74) is 0. The van der Waals surface area contributed by atoms with Crippen molar-refractivity contribution < 1.29 is 9.53 Å². The molecule has 0 aromatic carbocycles. The third-order valence-electron chi connectivity index (χ3n) is 1.04. The van der Waals surface area contributed by atoms with Gasteiger partial charge in [-0.2, -0.15) is 0 Å². The Morgan fingerprint density at radius 1 is 1.70 bits per heavy atom. The summed E-state index contributed by atoms with van der Waals surface area (Å²) in [6, 6.07) is 0. The van der Waals surface area contributed by atoms with Crippen LogP contribution in [0.15, 0.2) is 11.8 Å². The number of rotatable bonds is 4. The summed E-state index contributed by atoms with van der Waals surface area (Å²) in [6.45, 7) is 3.51. The van der Waals surface area contributed by atoms with Crippen LogP contribution in [0.25, 0.3) is 0 Å². The van der Waals surface area contributed by atoms with E-state index in [2.05, 4.69) is 0 Å². The molecule has 3 heteroatoms. The van der Waals surface area contributed by atoms with Gasteiger partial charge in [0.15, 0.2) is 5.78 Å². The van der Waals surface area contributed by atoms with E-state index < -0.39 is 0 Å². The molecule has 0 amide bonds. The zero-order valence-corrected chi connectivity index (χ0v) is 8.81. The fraction of sp³-hybridized carbons (Fsp3) is 0.571. The fourth-order valence-electron chi connectivity index (χ4n) is 0.658. The third-order valence-corrected chi connectivity index (χ3v) is 1.33. The zero-order chi connectivity index (χ0) is 7.98. The molecular formula is C7H14O2Si. The van der Waals surface area contributed by atoms with Crippen LogP contribution in [0, 0.1) is 0 Å². The molecule has 0 saturated carbocycles. The smallest absolute Gasteiger partial charge is 0.155 e. The van der Waals surface area contributed by atoms with Crippen LogP contribution < -0.4 is 0 Å². The van der Waals surface area contributed by atoms with Crippen LogP contribution in [0.1, 0.15) is 20.3 Å². The lowest BCUT2D eigenvalue weighted by Crippen LogP contribution is -1.95. The van der Waals surface area contributed by atoms with Gasteiger partial charge in [0.2, 0.25) is 0 Å². The summed E-state index contributed by atoms with van der Waals surface area (Å²) < 4.78 is 5.20. The van der Waals surface area contributed by atoms with Gasteiger partial charge in [0, 0.05) is 12.5 Å². The van der Waals surface area contributed by atoms with Gasteiger partial charge >= 0.3 is 0 Å². The van der Waals surface area contributed by atoms with Crippen molar-refractivity contribution in [3.8, 4) is 0 Å². The van der Waals surface area contributed by atoms with Gasteiger partial charge < -0.3 is 4.74 Å². The van der Waals surface area contributed by atoms with Crippen LogP contribution in [0.4, 0.5) is 0 Å². The molecule has 0 saturated heterocycles. The first-order chi connectivity index (χ1) is 4.70. The molecule has 0 aliphatic heterocycles. The molecule has 0 aliphatic rings. The van der Waals surface area contributed by atoms with E-state index in [1.165, 1.54) is 6.92 Å². The predicted octanol–water partition coefficient (Wildman–Crippen LogP) is 0.209. The van der Waals surface area contributed by atoms with Crippen molar-refractivity contribution in [1.29, 1.82) is 0 Å². The first kappa shape index (κ1) is 9.43. The average Bonchev–Trinajstić information content (AvgIpc) is 1.86. The van der Waals surface area contributed by atoms with E-state index in [-0.39, 0.29) is 5.78 Å². The number of hydrogen-bond acceptors (Lipinski definition) is 2. The summed E-state index contributed by atoms with van der Waals surface area (Å²) in [6.07, 6.45) is 3.13. The van der Waals surface area contributed by atoms with Crippen LogP contribution in [0.3, 0.4) is 0 Å². The minimum atomic E-state index is 0.0620. The van der Waals surface area contributed by atoms with Crippen LogP contribution in [0.2, 0.25) is 0 Å². The lowest BCUT2D eigenvalue weighted by Gasteiger charge is -2.03. The van der Waals surface area contributed by atoms with E-state index in [4.69, 9.17) is 4.74 Å². The first-order valence-corrected chi connectivity index (χ1v) is 4.96. The van der Waals surface area contributed by atoms with Crippen molar-refractivity contribution in [3.05, 3.63) is 11.8 Å². The molecule has 0 aliphatic carbocycles. The van der Waals surface area contributed by atoms with Crippen LogP contribution in [-0.2, 0) is 9.53 Å². The summed E-state index contributed by atoms with van der Waals surface area (Å²) in [7, 11) is 1.02. The highest BCUT2D eigenvalue weighted by molar-refractivity contribution is 6.08.